The van der Waals surface area contributed by atoms with Crippen LogP contribution in [0.2, 0.25) is 0 Å². The average molecular weight is 381 g/mol. The van der Waals surface area contributed by atoms with Crippen molar-refractivity contribution < 1.29 is 9.18 Å². The van der Waals surface area contributed by atoms with E-state index in [0.29, 0.717) is 31.9 Å². The number of amides is 2. The standard InChI is InChI=1S/C21H24FN5O/c1-15(17-5-3-4-16-7-9-25(2)20(16)17)24-21(28)27-12-10-26(11-13-27)19-6-8-23-14-18(19)22/h3-9,14-15H,10-13H2,1-2H3,(H,24,28). The van der Waals surface area contributed by atoms with Crippen LogP contribution in [0.3, 0.4) is 0 Å². The molecule has 1 unspecified atom stereocenters. The number of carbonyl (C=O) groups is 1. The molecule has 0 saturated carbocycles. The third kappa shape index (κ3) is 3.40. The van der Waals surface area contributed by atoms with E-state index in [0.717, 1.165) is 16.5 Å². The number of nitrogens with one attached hydrogen (secondary N) is 1. The third-order valence-corrected chi connectivity index (χ3v) is 5.39. The van der Waals surface area contributed by atoms with Crippen LogP contribution in [0.4, 0.5) is 14.9 Å². The van der Waals surface area contributed by atoms with Gasteiger partial charge in [0.05, 0.1) is 23.4 Å². The number of aryl methyl sites for hydroxylation is 1. The van der Waals surface area contributed by atoms with E-state index in [4.69, 9.17) is 0 Å². The number of aromatic nitrogens is 2. The second kappa shape index (κ2) is 7.50. The van der Waals surface area contributed by atoms with Crippen LogP contribution < -0.4 is 10.2 Å². The van der Waals surface area contributed by atoms with E-state index in [2.05, 4.69) is 33.1 Å². The summed E-state index contributed by atoms with van der Waals surface area (Å²) in [4.78, 5) is 20.3. The van der Waals surface area contributed by atoms with Crippen LogP contribution in [-0.2, 0) is 7.05 Å². The van der Waals surface area contributed by atoms with Crippen molar-refractivity contribution in [3.05, 3.63) is 60.3 Å². The Morgan fingerprint density at radius 1 is 1.18 bits per heavy atom. The number of benzene rings is 1. The highest BCUT2D eigenvalue weighted by atomic mass is 19.1. The topological polar surface area (TPSA) is 53.4 Å². The molecule has 0 radical (unpaired) electrons. The SMILES string of the molecule is CC(NC(=O)N1CCN(c2ccncc2F)CC1)c1cccc2ccn(C)c12. The van der Waals surface area contributed by atoms with Gasteiger partial charge in [-0.1, -0.05) is 18.2 Å². The van der Waals surface area contributed by atoms with Gasteiger partial charge in [0.15, 0.2) is 5.82 Å². The molecule has 6 nitrogen and oxygen atoms in total. The van der Waals surface area contributed by atoms with Crippen LogP contribution in [-0.4, -0.2) is 46.7 Å². The van der Waals surface area contributed by atoms with E-state index < -0.39 is 0 Å². The van der Waals surface area contributed by atoms with Crippen molar-refractivity contribution in [2.24, 2.45) is 7.05 Å². The molecule has 1 fully saturated rings. The Balaban J connectivity index is 1.41. The third-order valence-electron chi connectivity index (χ3n) is 5.39. The van der Waals surface area contributed by atoms with Crippen molar-refractivity contribution in [3.63, 3.8) is 0 Å². The van der Waals surface area contributed by atoms with Gasteiger partial charge in [-0.15, -0.1) is 0 Å². The summed E-state index contributed by atoms with van der Waals surface area (Å²) in [6.07, 6.45) is 4.84. The first-order valence-electron chi connectivity index (χ1n) is 9.48. The molecule has 1 N–H and O–H groups in total. The minimum atomic E-state index is -0.329. The molecule has 4 rings (SSSR count). The molecule has 3 heterocycles. The molecule has 2 aromatic heterocycles. The van der Waals surface area contributed by atoms with Crippen molar-refractivity contribution >= 4 is 22.6 Å². The second-order valence-corrected chi connectivity index (χ2v) is 7.18. The minimum absolute atomic E-state index is 0.0893. The van der Waals surface area contributed by atoms with Gasteiger partial charge in [0.1, 0.15) is 0 Å². The second-order valence-electron chi connectivity index (χ2n) is 7.18. The van der Waals surface area contributed by atoms with Crippen molar-refractivity contribution in [2.75, 3.05) is 31.1 Å². The molecule has 146 valence electrons. The lowest BCUT2D eigenvalue weighted by atomic mass is 10.1. The molecule has 1 aliphatic rings. The highest BCUT2D eigenvalue weighted by molar-refractivity contribution is 5.84. The van der Waals surface area contributed by atoms with Crippen molar-refractivity contribution in [1.82, 2.24) is 19.8 Å². The molecule has 2 amide bonds. The number of anilines is 1. The minimum Gasteiger partial charge on any atom is -0.366 e. The Morgan fingerprint density at radius 2 is 1.96 bits per heavy atom. The summed E-state index contributed by atoms with van der Waals surface area (Å²) in [6.45, 7) is 4.29. The number of hydrogen-bond acceptors (Lipinski definition) is 3. The zero-order valence-corrected chi connectivity index (χ0v) is 16.1. The molecule has 1 aliphatic heterocycles. The Morgan fingerprint density at radius 3 is 2.71 bits per heavy atom. The average Bonchev–Trinajstić information content (AvgIpc) is 3.09. The predicted octanol–water partition coefficient (Wildman–Crippen LogP) is 3.31. The van der Waals surface area contributed by atoms with Gasteiger partial charge in [0.2, 0.25) is 0 Å². The molecule has 1 saturated heterocycles. The Labute approximate surface area is 163 Å². The molecular weight excluding hydrogens is 357 g/mol. The number of rotatable bonds is 3. The summed E-state index contributed by atoms with van der Waals surface area (Å²) in [5, 5.41) is 4.27. The van der Waals surface area contributed by atoms with E-state index in [9.17, 15) is 9.18 Å². The van der Waals surface area contributed by atoms with Gasteiger partial charge >= 0.3 is 6.03 Å². The number of nitrogens with zero attached hydrogens (tertiary/aromatic N) is 4. The Hall–Kier alpha value is -3.09. The quantitative estimate of drug-likeness (QED) is 0.757. The van der Waals surface area contributed by atoms with Crippen LogP contribution in [0, 0.1) is 5.82 Å². The first-order valence-corrected chi connectivity index (χ1v) is 9.48. The fraction of sp³-hybridized carbons (Fsp3) is 0.333. The Kier molecular flexibility index (Phi) is 4.90. The molecular formula is C21H24FN5O. The highest BCUT2D eigenvalue weighted by Crippen LogP contribution is 2.25. The first kappa shape index (κ1) is 18.3. The number of pyridine rings is 1. The summed E-state index contributed by atoms with van der Waals surface area (Å²) in [6, 6.07) is 9.69. The predicted molar refractivity (Wildman–Crippen MR) is 108 cm³/mol. The number of carbonyl (C=O) groups excluding carboxylic acids is 1. The summed E-state index contributed by atoms with van der Waals surface area (Å²) in [7, 11) is 2.01. The van der Waals surface area contributed by atoms with Crippen LogP contribution >= 0.6 is 0 Å². The summed E-state index contributed by atoms with van der Waals surface area (Å²) < 4.78 is 16.0. The van der Waals surface area contributed by atoms with Gasteiger partial charge < -0.3 is 19.7 Å². The van der Waals surface area contributed by atoms with Crippen molar-refractivity contribution in [1.29, 1.82) is 0 Å². The number of halogens is 1. The lowest BCUT2D eigenvalue weighted by molar-refractivity contribution is 0.191. The maximum Gasteiger partial charge on any atom is 0.317 e. The van der Waals surface area contributed by atoms with E-state index in [-0.39, 0.29) is 17.9 Å². The number of piperazine rings is 1. The lowest BCUT2D eigenvalue weighted by Crippen LogP contribution is -2.52. The van der Waals surface area contributed by atoms with Gasteiger partial charge in [-0.25, -0.2) is 9.18 Å². The van der Waals surface area contributed by atoms with Gasteiger partial charge in [-0.3, -0.25) is 4.98 Å². The zero-order valence-electron chi connectivity index (χ0n) is 16.1. The molecule has 1 aromatic carbocycles. The fourth-order valence-corrected chi connectivity index (χ4v) is 3.87. The van der Waals surface area contributed by atoms with E-state index in [1.807, 2.05) is 31.1 Å². The Bertz CT molecular complexity index is 993. The molecule has 28 heavy (non-hydrogen) atoms. The molecule has 0 spiro atoms. The van der Waals surface area contributed by atoms with Crippen molar-refractivity contribution in [2.45, 2.75) is 13.0 Å². The summed E-state index contributed by atoms with van der Waals surface area (Å²) in [5.74, 6) is -0.329. The molecule has 7 heteroatoms. The molecule has 3 aromatic rings. The molecule has 0 aliphatic carbocycles. The number of para-hydroxylation sites is 1. The summed E-state index contributed by atoms with van der Waals surface area (Å²) >= 11 is 0. The number of urea groups is 1. The fourth-order valence-electron chi connectivity index (χ4n) is 3.87. The van der Waals surface area contributed by atoms with Gasteiger partial charge in [-0.2, -0.15) is 0 Å². The van der Waals surface area contributed by atoms with Crippen LogP contribution in [0.1, 0.15) is 18.5 Å². The van der Waals surface area contributed by atoms with Crippen LogP contribution in [0.5, 0.6) is 0 Å². The van der Waals surface area contributed by atoms with E-state index in [1.165, 1.54) is 6.20 Å². The summed E-state index contributed by atoms with van der Waals surface area (Å²) in [5.41, 5.74) is 2.77. The number of hydrogen-bond donors (Lipinski definition) is 1. The monoisotopic (exact) mass is 381 g/mol. The molecule has 0 bridgehead atoms. The van der Waals surface area contributed by atoms with Gasteiger partial charge in [0, 0.05) is 45.6 Å². The van der Waals surface area contributed by atoms with Crippen molar-refractivity contribution in [3.8, 4) is 0 Å². The largest absolute Gasteiger partial charge is 0.366 e. The van der Waals surface area contributed by atoms with Crippen LogP contribution in [0.25, 0.3) is 10.9 Å². The first-order chi connectivity index (χ1) is 13.5. The van der Waals surface area contributed by atoms with Crippen LogP contribution in [0.15, 0.2) is 48.9 Å². The smallest absolute Gasteiger partial charge is 0.317 e. The van der Waals surface area contributed by atoms with E-state index in [1.54, 1.807) is 17.2 Å². The number of fused-ring (bicyclic) bond motifs is 1. The normalized spacial score (nSPS) is 15.7. The lowest BCUT2D eigenvalue weighted by Gasteiger charge is -2.36. The van der Waals surface area contributed by atoms with Gasteiger partial charge in [0.25, 0.3) is 0 Å². The maximum atomic E-state index is 13.9. The maximum absolute atomic E-state index is 13.9. The molecule has 1 atom stereocenters. The zero-order chi connectivity index (χ0) is 19.7. The van der Waals surface area contributed by atoms with Gasteiger partial charge in [-0.05, 0) is 30.0 Å². The highest BCUT2D eigenvalue weighted by Gasteiger charge is 2.24. The van der Waals surface area contributed by atoms with E-state index >= 15 is 0 Å².